The average molecular weight is 863 g/mol. The van der Waals surface area contributed by atoms with Gasteiger partial charge in [0.1, 0.15) is 23.0 Å². The number of benzene rings is 6. The standard InChI is InChI=1S/C56H46N8O2/c1-3-17-55-53(15-1)61(43-23-19-41(20-24-43)59-31-5-6-32-59)39-63(55)45-11-9-13-47(35-45)65-49-27-29-57-51(37-49)52-38-50(28-30-58-52)66-48-14-10-12-46(36-48)64-40-62(54-16-2-4-18-56(54)64)44-25-21-42(22-26-44)60-33-7-8-34-60/h1-4,9-30,35-38H,5-8,31-34H2. The first-order chi connectivity index (χ1) is 32.7. The highest BCUT2D eigenvalue weighted by atomic mass is 16.5. The summed E-state index contributed by atoms with van der Waals surface area (Å²) in [7, 11) is 0. The van der Waals surface area contributed by atoms with Crippen molar-refractivity contribution < 1.29 is 18.6 Å². The van der Waals surface area contributed by atoms with Gasteiger partial charge in [-0.1, -0.05) is 60.7 Å². The fourth-order valence-corrected chi connectivity index (χ4v) is 9.34. The Morgan fingerprint density at radius 3 is 1.23 bits per heavy atom. The lowest BCUT2D eigenvalue weighted by atomic mass is 10.2. The van der Waals surface area contributed by atoms with Gasteiger partial charge in [-0.3, -0.25) is 28.2 Å². The van der Waals surface area contributed by atoms with Gasteiger partial charge in [0.15, 0.2) is 0 Å². The largest absolute Gasteiger partial charge is 0.458 e. The van der Waals surface area contributed by atoms with Crippen molar-refractivity contribution in [2.45, 2.75) is 25.7 Å². The van der Waals surface area contributed by atoms with Crippen LogP contribution in [-0.4, -0.2) is 45.3 Å². The van der Waals surface area contributed by atoms with Gasteiger partial charge < -0.3 is 19.3 Å². The molecule has 0 saturated carbocycles. The first-order valence-electron chi connectivity index (χ1n) is 22.8. The molecule has 0 atom stereocenters. The number of imidazole rings is 2. The van der Waals surface area contributed by atoms with Gasteiger partial charge in [0, 0.05) is 62.1 Å². The second kappa shape index (κ2) is 17.0. The van der Waals surface area contributed by atoms with Gasteiger partial charge in [0.25, 0.3) is 12.7 Å². The zero-order chi connectivity index (χ0) is 43.8. The Hall–Kier alpha value is -8.24. The number of fused-ring (bicyclic) bond motifs is 2. The minimum atomic E-state index is 0.641. The second-order valence-corrected chi connectivity index (χ2v) is 16.9. The van der Waals surface area contributed by atoms with Crippen LogP contribution in [0.1, 0.15) is 25.7 Å². The third-order valence-corrected chi connectivity index (χ3v) is 12.6. The molecule has 2 fully saturated rings. The summed E-state index contributed by atoms with van der Waals surface area (Å²) in [6, 6.07) is 58.0. The van der Waals surface area contributed by atoms with E-state index in [9.17, 15) is 0 Å². The molecule has 0 bridgehead atoms. The van der Waals surface area contributed by atoms with Crippen molar-refractivity contribution in [1.82, 2.24) is 19.1 Å². The van der Waals surface area contributed by atoms with Crippen molar-refractivity contribution in [2.24, 2.45) is 0 Å². The van der Waals surface area contributed by atoms with E-state index in [1.165, 1.54) is 37.1 Å². The van der Waals surface area contributed by atoms with Gasteiger partial charge in [-0.2, -0.15) is 0 Å². The van der Waals surface area contributed by atoms with Crippen LogP contribution in [0.5, 0.6) is 23.0 Å². The number of anilines is 2. The fourth-order valence-electron chi connectivity index (χ4n) is 9.34. The Bertz CT molecular complexity index is 3120. The number of ether oxygens (including phenoxy) is 2. The Morgan fingerprint density at radius 2 is 0.788 bits per heavy atom. The van der Waals surface area contributed by atoms with E-state index in [0.29, 0.717) is 34.4 Å². The number of nitrogens with zero attached hydrogens (tertiary/aromatic N) is 8. The topological polar surface area (TPSA) is 68.3 Å². The van der Waals surface area contributed by atoms with Crippen LogP contribution in [0.3, 0.4) is 0 Å². The van der Waals surface area contributed by atoms with Gasteiger partial charge in [-0.25, -0.2) is 0 Å². The second-order valence-electron chi connectivity index (χ2n) is 16.9. The smallest absolute Gasteiger partial charge is 0.269 e. The van der Waals surface area contributed by atoms with Gasteiger partial charge >= 0.3 is 0 Å². The molecule has 6 heterocycles. The predicted octanol–water partition coefficient (Wildman–Crippen LogP) is 11.0. The molecule has 2 aliphatic heterocycles. The quantitative estimate of drug-likeness (QED) is 0.0953. The van der Waals surface area contributed by atoms with Crippen LogP contribution >= 0.6 is 0 Å². The summed E-state index contributed by atoms with van der Waals surface area (Å²) in [6.45, 7) is 4.48. The van der Waals surface area contributed by atoms with E-state index < -0.39 is 0 Å². The number of hydrogen-bond acceptors (Lipinski definition) is 6. The summed E-state index contributed by atoms with van der Waals surface area (Å²) in [4.78, 5) is 14.2. The zero-order valence-corrected chi connectivity index (χ0v) is 36.4. The zero-order valence-electron chi connectivity index (χ0n) is 36.4. The molecule has 0 radical (unpaired) electrons. The monoisotopic (exact) mass is 862 g/mol. The van der Waals surface area contributed by atoms with Gasteiger partial charge in [-0.05, 0) is 123 Å². The molecular formula is C56H46N8O2. The van der Waals surface area contributed by atoms with Gasteiger partial charge in [0.05, 0.1) is 56.2 Å². The molecule has 4 aromatic heterocycles. The van der Waals surface area contributed by atoms with Crippen molar-refractivity contribution in [1.29, 1.82) is 0 Å². The third-order valence-electron chi connectivity index (χ3n) is 12.6. The van der Waals surface area contributed by atoms with Crippen LogP contribution in [0, 0.1) is 12.7 Å². The summed E-state index contributed by atoms with van der Waals surface area (Å²) >= 11 is 0. The summed E-state index contributed by atoms with van der Waals surface area (Å²) in [5, 5.41) is 0. The maximum Gasteiger partial charge on any atom is 0.269 e. The summed E-state index contributed by atoms with van der Waals surface area (Å²) < 4.78 is 21.4. The van der Waals surface area contributed by atoms with E-state index in [1.807, 2.05) is 60.7 Å². The first-order valence-corrected chi connectivity index (χ1v) is 22.8. The molecule has 0 spiro atoms. The minimum absolute atomic E-state index is 0.641. The molecule has 2 saturated heterocycles. The molecule has 10 nitrogen and oxygen atoms in total. The molecule has 0 unspecified atom stereocenters. The predicted molar refractivity (Wildman–Crippen MR) is 258 cm³/mol. The molecule has 6 aromatic carbocycles. The SMILES string of the molecule is [c-]1n(-c2ccc(N3CCCC3)cc2)c2ccccc2[n+]1-c1cccc(Oc2ccnc(-c3cc(Oc4cccc(-[n+]5[c-]n(-c6ccc(N7CCCC7)cc6)c6ccccc65)c4)ccn3)c2)c1. The number of pyridine rings is 2. The molecule has 12 rings (SSSR count). The maximum atomic E-state index is 6.49. The normalized spacial score (nSPS) is 13.8. The van der Waals surface area contributed by atoms with E-state index in [0.717, 1.165) is 71.0 Å². The fraction of sp³-hybridized carbons (Fsp3) is 0.143. The lowest BCUT2D eigenvalue weighted by molar-refractivity contribution is -0.572. The molecule has 2 aliphatic rings. The summed E-state index contributed by atoms with van der Waals surface area (Å²) in [5.74, 6) is 2.66. The number of rotatable bonds is 11. The molecular weight excluding hydrogens is 817 g/mol. The Kier molecular flexibility index (Phi) is 10.2. The van der Waals surface area contributed by atoms with E-state index in [1.54, 1.807) is 12.4 Å². The van der Waals surface area contributed by atoms with Crippen LogP contribution < -0.4 is 28.4 Å². The van der Waals surface area contributed by atoms with E-state index in [4.69, 9.17) is 9.47 Å². The lowest BCUT2D eigenvalue weighted by Crippen LogP contribution is -2.29. The third kappa shape index (κ3) is 7.66. The van der Waals surface area contributed by atoms with Crippen LogP contribution in [-0.2, 0) is 0 Å². The molecule has 0 aliphatic carbocycles. The van der Waals surface area contributed by atoms with Crippen LogP contribution in [0.15, 0.2) is 182 Å². The average Bonchev–Trinajstić information content (AvgIpc) is 4.22. The Labute approximate surface area is 383 Å². The Morgan fingerprint density at radius 1 is 0.394 bits per heavy atom. The summed E-state index contributed by atoms with van der Waals surface area (Å²) in [6.07, 6.45) is 15.7. The van der Waals surface area contributed by atoms with Crippen molar-refractivity contribution in [3.8, 4) is 57.1 Å². The molecule has 0 amide bonds. The van der Waals surface area contributed by atoms with Crippen LogP contribution in [0.2, 0.25) is 0 Å². The highest BCUT2D eigenvalue weighted by Gasteiger charge is 2.18. The van der Waals surface area contributed by atoms with Crippen LogP contribution in [0.25, 0.3) is 56.2 Å². The molecule has 0 N–H and O–H groups in total. The molecule has 322 valence electrons. The number of aromatic nitrogens is 6. The van der Waals surface area contributed by atoms with E-state index in [2.05, 4.69) is 160 Å². The number of hydrogen-bond donors (Lipinski definition) is 0. The van der Waals surface area contributed by atoms with Crippen molar-refractivity contribution in [2.75, 3.05) is 36.0 Å². The van der Waals surface area contributed by atoms with Gasteiger partial charge in [0.2, 0.25) is 0 Å². The van der Waals surface area contributed by atoms with Crippen molar-refractivity contribution in [3.63, 3.8) is 0 Å². The van der Waals surface area contributed by atoms with Crippen LogP contribution in [0.4, 0.5) is 11.4 Å². The molecule has 10 heteroatoms. The molecule has 66 heavy (non-hydrogen) atoms. The van der Waals surface area contributed by atoms with Crippen molar-refractivity contribution in [3.05, 3.63) is 195 Å². The highest BCUT2D eigenvalue weighted by Crippen LogP contribution is 2.31. The lowest BCUT2D eigenvalue weighted by Gasteiger charge is -2.17. The Balaban J connectivity index is 0.773. The maximum absolute atomic E-state index is 6.49. The minimum Gasteiger partial charge on any atom is -0.458 e. The van der Waals surface area contributed by atoms with E-state index >= 15 is 0 Å². The number of para-hydroxylation sites is 4. The first kappa shape index (κ1) is 39.4. The van der Waals surface area contributed by atoms with Crippen molar-refractivity contribution >= 4 is 33.4 Å². The highest BCUT2D eigenvalue weighted by molar-refractivity contribution is 5.76. The summed E-state index contributed by atoms with van der Waals surface area (Å²) in [5.41, 5.74) is 12.1. The van der Waals surface area contributed by atoms with E-state index in [-0.39, 0.29) is 0 Å². The van der Waals surface area contributed by atoms with Gasteiger partial charge in [-0.15, -0.1) is 0 Å². The molecule has 10 aromatic rings.